The molecular formula is C13H19N5O. The van der Waals surface area contributed by atoms with E-state index in [1.54, 1.807) is 19.5 Å². The second-order valence-electron chi connectivity index (χ2n) is 4.99. The Kier molecular flexibility index (Phi) is 2.94. The maximum atomic E-state index is 6.07. The smallest absolute Gasteiger partial charge is 0.161 e. The van der Waals surface area contributed by atoms with Crippen LogP contribution in [-0.2, 0) is 0 Å². The molecule has 2 aromatic rings. The lowest BCUT2D eigenvalue weighted by Gasteiger charge is -2.33. The van der Waals surface area contributed by atoms with Crippen molar-refractivity contribution in [3.05, 3.63) is 12.4 Å². The fourth-order valence-corrected chi connectivity index (χ4v) is 2.76. The van der Waals surface area contributed by atoms with E-state index in [1.165, 1.54) is 0 Å². The zero-order valence-electron chi connectivity index (χ0n) is 11.0. The number of nitrogen functional groups attached to an aromatic ring is 1. The number of ether oxygens (including phenoxy) is 1. The Bertz CT molecular complexity index is 594. The minimum Gasteiger partial charge on any atom is -0.493 e. The molecule has 0 unspecified atom stereocenters. The second-order valence-corrected chi connectivity index (χ2v) is 4.99. The standard InChI is InChI=1S/C13H19N5O/c1-19-10-6-17-13-11(9(15)5-16-13)12(10)18-4-2-3-8(14)7-18/h5-6,8H,2-4,7,14-15H2,1H3,(H,16,17)/t8-/m1/s1. The van der Waals surface area contributed by atoms with E-state index in [2.05, 4.69) is 14.9 Å². The molecule has 0 spiro atoms. The largest absolute Gasteiger partial charge is 0.493 e. The zero-order valence-corrected chi connectivity index (χ0v) is 11.0. The van der Waals surface area contributed by atoms with Crippen LogP contribution < -0.4 is 21.1 Å². The van der Waals surface area contributed by atoms with E-state index in [4.69, 9.17) is 16.2 Å². The summed E-state index contributed by atoms with van der Waals surface area (Å²) in [5.74, 6) is 0.743. The number of aromatic nitrogens is 2. The van der Waals surface area contributed by atoms with Crippen LogP contribution in [0.3, 0.4) is 0 Å². The molecule has 3 heterocycles. The number of hydrogen-bond donors (Lipinski definition) is 3. The van der Waals surface area contributed by atoms with Gasteiger partial charge in [0.25, 0.3) is 0 Å². The molecule has 1 atom stereocenters. The number of nitrogens with zero attached hydrogens (tertiary/aromatic N) is 2. The molecule has 5 N–H and O–H groups in total. The topological polar surface area (TPSA) is 93.2 Å². The van der Waals surface area contributed by atoms with Crippen LogP contribution in [0.4, 0.5) is 11.4 Å². The van der Waals surface area contributed by atoms with Gasteiger partial charge in [0.15, 0.2) is 5.75 Å². The number of pyridine rings is 1. The highest BCUT2D eigenvalue weighted by Crippen LogP contribution is 2.38. The fraction of sp³-hybridized carbons (Fsp3) is 0.462. The molecule has 2 aromatic heterocycles. The number of fused-ring (bicyclic) bond motifs is 1. The van der Waals surface area contributed by atoms with Crippen molar-refractivity contribution >= 4 is 22.4 Å². The average Bonchev–Trinajstić information content (AvgIpc) is 2.79. The van der Waals surface area contributed by atoms with E-state index in [-0.39, 0.29) is 6.04 Å². The predicted octanol–water partition coefficient (Wildman–Crippen LogP) is 1.08. The van der Waals surface area contributed by atoms with Crippen molar-refractivity contribution in [2.75, 3.05) is 30.8 Å². The highest BCUT2D eigenvalue weighted by Gasteiger charge is 2.23. The van der Waals surface area contributed by atoms with Gasteiger partial charge in [0, 0.05) is 25.3 Å². The Morgan fingerprint density at radius 1 is 1.53 bits per heavy atom. The molecular weight excluding hydrogens is 242 g/mol. The number of nitrogens with two attached hydrogens (primary N) is 2. The van der Waals surface area contributed by atoms with Gasteiger partial charge in [-0.3, -0.25) is 0 Å². The van der Waals surface area contributed by atoms with Crippen LogP contribution in [0, 0.1) is 0 Å². The zero-order chi connectivity index (χ0) is 13.4. The molecule has 1 aliphatic rings. The molecule has 6 nitrogen and oxygen atoms in total. The van der Waals surface area contributed by atoms with Gasteiger partial charge in [0.05, 0.1) is 30.1 Å². The number of anilines is 2. The van der Waals surface area contributed by atoms with Crippen molar-refractivity contribution in [3.63, 3.8) is 0 Å². The Hall–Kier alpha value is -1.95. The summed E-state index contributed by atoms with van der Waals surface area (Å²) in [5, 5.41) is 0.924. The lowest BCUT2D eigenvalue weighted by atomic mass is 10.0. The maximum Gasteiger partial charge on any atom is 0.161 e. The number of piperidine rings is 1. The van der Waals surface area contributed by atoms with E-state index in [0.29, 0.717) is 5.69 Å². The van der Waals surface area contributed by atoms with Crippen molar-refractivity contribution in [2.24, 2.45) is 5.73 Å². The molecule has 0 radical (unpaired) electrons. The van der Waals surface area contributed by atoms with Crippen LogP contribution in [0.5, 0.6) is 5.75 Å². The fourth-order valence-electron chi connectivity index (χ4n) is 2.76. The molecule has 0 amide bonds. The Morgan fingerprint density at radius 3 is 3.11 bits per heavy atom. The number of H-pyrrole nitrogens is 1. The third-order valence-corrected chi connectivity index (χ3v) is 3.66. The molecule has 0 aromatic carbocycles. The Labute approximate surface area is 111 Å². The average molecular weight is 261 g/mol. The van der Waals surface area contributed by atoms with Crippen LogP contribution in [0.1, 0.15) is 12.8 Å². The highest BCUT2D eigenvalue weighted by atomic mass is 16.5. The summed E-state index contributed by atoms with van der Waals surface area (Å²) in [5.41, 5.74) is 14.6. The number of aromatic amines is 1. The summed E-state index contributed by atoms with van der Waals surface area (Å²) in [6, 6.07) is 0.196. The summed E-state index contributed by atoms with van der Waals surface area (Å²) < 4.78 is 5.45. The third-order valence-electron chi connectivity index (χ3n) is 3.66. The van der Waals surface area contributed by atoms with E-state index in [0.717, 1.165) is 48.4 Å². The van der Waals surface area contributed by atoms with E-state index in [1.807, 2.05) is 0 Å². The first kappa shape index (κ1) is 12.1. The Balaban J connectivity index is 2.16. The normalized spacial score (nSPS) is 19.9. The van der Waals surface area contributed by atoms with Gasteiger partial charge in [-0.25, -0.2) is 4.98 Å². The van der Waals surface area contributed by atoms with Crippen LogP contribution in [-0.4, -0.2) is 36.2 Å². The molecule has 1 saturated heterocycles. The van der Waals surface area contributed by atoms with Crippen LogP contribution in [0.25, 0.3) is 11.0 Å². The third kappa shape index (κ3) is 1.98. The van der Waals surface area contributed by atoms with Gasteiger partial charge in [-0.15, -0.1) is 0 Å². The number of rotatable bonds is 2. The summed E-state index contributed by atoms with van der Waals surface area (Å²) in [6.07, 6.45) is 5.65. The quantitative estimate of drug-likeness (QED) is 0.752. The molecule has 0 saturated carbocycles. The highest BCUT2D eigenvalue weighted by molar-refractivity contribution is 6.02. The molecule has 19 heavy (non-hydrogen) atoms. The number of hydrogen-bond acceptors (Lipinski definition) is 5. The minimum absolute atomic E-state index is 0.196. The van der Waals surface area contributed by atoms with Gasteiger partial charge in [-0.2, -0.15) is 0 Å². The Morgan fingerprint density at radius 2 is 2.37 bits per heavy atom. The van der Waals surface area contributed by atoms with Gasteiger partial charge in [0.1, 0.15) is 5.65 Å². The summed E-state index contributed by atoms with van der Waals surface area (Å²) >= 11 is 0. The molecule has 0 aliphatic carbocycles. The number of nitrogens with one attached hydrogen (secondary N) is 1. The molecule has 3 rings (SSSR count). The van der Waals surface area contributed by atoms with Crippen molar-refractivity contribution in [1.82, 2.24) is 9.97 Å². The van der Waals surface area contributed by atoms with Crippen molar-refractivity contribution < 1.29 is 4.74 Å². The van der Waals surface area contributed by atoms with Crippen LogP contribution in [0.15, 0.2) is 12.4 Å². The summed E-state index contributed by atoms with van der Waals surface area (Å²) in [6.45, 7) is 1.79. The van der Waals surface area contributed by atoms with Crippen molar-refractivity contribution in [1.29, 1.82) is 0 Å². The SMILES string of the molecule is COc1cnc2[nH]cc(N)c2c1N1CCC[C@@H](N)C1. The summed E-state index contributed by atoms with van der Waals surface area (Å²) in [7, 11) is 1.65. The molecule has 1 fully saturated rings. The van der Waals surface area contributed by atoms with Gasteiger partial charge in [-0.05, 0) is 12.8 Å². The predicted molar refractivity (Wildman–Crippen MR) is 76.5 cm³/mol. The lowest BCUT2D eigenvalue weighted by molar-refractivity contribution is 0.410. The molecule has 0 bridgehead atoms. The monoisotopic (exact) mass is 261 g/mol. The van der Waals surface area contributed by atoms with Gasteiger partial charge in [-0.1, -0.05) is 0 Å². The molecule has 1 aliphatic heterocycles. The van der Waals surface area contributed by atoms with E-state index >= 15 is 0 Å². The second kappa shape index (κ2) is 4.62. The minimum atomic E-state index is 0.196. The molecule has 102 valence electrons. The van der Waals surface area contributed by atoms with Crippen molar-refractivity contribution in [3.8, 4) is 5.75 Å². The first-order chi connectivity index (χ1) is 9.20. The van der Waals surface area contributed by atoms with Gasteiger partial charge < -0.3 is 26.1 Å². The van der Waals surface area contributed by atoms with Crippen molar-refractivity contribution in [2.45, 2.75) is 18.9 Å². The van der Waals surface area contributed by atoms with Crippen LogP contribution in [0.2, 0.25) is 0 Å². The van der Waals surface area contributed by atoms with Gasteiger partial charge in [0.2, 0.25) is 0 Å². The van der Waals surface area contributed by atoms with E-state index in [9.17, 15) is 0 Å². The van der Waals surface area contributed by atoms with Gasteiger partial charge >= 0.3 is 0 Å². The van der Waals surface area contributed by atoms with Crippen LogP contribution >= 0.6 is 0 Å². The van der Waals surface area contributed by atoms with E-state index < -0.39 is 0 Å². The number of methoxy groups -OCH3 is 1. The molecule has 6 heteroatoms. The summed E-state index contributed by atoms with van der Waals surface area (Å²) in [4.78, 5) is 9.66. The lowest BCUT2D eigenvalue weighted by Crippen LogP contribution is -2.43. The first-order valence-corrected chi connectivity index (χ1v) is 6.50. The first-order valence-electron chi connectivity index (χ1n) is 6.50. The maximum absolute atomic E-state index is 6.07.